The maximum Gasteiger partial charge on any atom is 0.326 e. The van der Waals surface area contributed by atoms with Gasteiger partial charge in [-0.1, -0.05) is 6.07 Å². The van der Waals surface area contributed by atoms with E-state index in [0.29, 0.717) is 28.7 Å². The van der Waals surface area contributed by atoms with Crippen LogP contribution in [0.15, 0.2) is 42.6 Å². The summed E-state index contributed by atoms with van der Waals surface area (Å²) in [5.74, 6) is 1.03. The van der Waals surface area contributed by atoms with E-state index in [2.05, 4.69) is 30.6 Å². The third-order valence-corrected chi connectivity index (χ3v) is 3.37. The van der Waals surface area contributed by atoms with Crippen molar-refractivity contribution in [1.82, 2.24) is 19.9 Å². The quantitative estimate of drug-likeness (QED) is 0.633. The van der Waals surface area contributed by atoms with Gasteiger partial charge in [0.25, 0.3) is 0 Å². The number of hydrogen-bond donors (Lipinski definition) is 3. The number of carbonyl (C=O) groups is 1. The second-order valence-corrected chi connectivity index (χ2v) is 5.40. The van der Waals surface area contributed by atoms with E-state index in [1.165, 1.54) is 0 Å². The maximum absolute atomic E-state index is 12.2. The van der Waals surface area contributed by atoms with Crippen LogP contribution in [0, 0.1) is 13.8 Å². The summed E-state index contributed by atoms with van der Waals surface area (Å²) in [4.78, 5) is 29.0. The highest BCUT2D eigenvalue weighted by Crippen LogP contribution is 2.18. The lowest BCUT2D eigenvalue weighted by molar-refractivity contribution is 0.262. The average Bonchev–Trinajstić information content (AvgIpc) is 2.58. The molecule has 0 saturated carbocycles. The normalized spacial score (nSPS) is 10.3. The minimum atomic E-state index is -0.453. The van der Waals surface area contributed by atoms with E-state index in [4.69, 9.17) is 5.73 Å². The SMILES string of the molecule is Cc1nc(NC(=O)Nc2ccc(N)cc2C)nc(-c2ccccn2)n1. The highest BCUT2D eigenvalue weighted by atomic mass is 16.2. The minimum Gasteiger partial charge on any atom is -0.399 e. The number of urea groups is 1. The number of carbonyl (C=O) groups excluding carboxylic acids is 1. The van der Waals surface area contributed by atoms with E-state index in [-0.39, 0.29) is 5.95 Å². The Morgan fingerprint density at radius 1 is 1.04 bits per heavy atom. The van der Waals surface area contributed by atoms with Crippen molar-refractivity contribution in [2.75, 3.05) is 16.4 Å². The van der Waals surface area contributed by atoms with Gasteiger partial charge in [0.15, 0.2) is 5.82 Å². The number of nitrogen functional groups attached to an aromatic ring is 1. The zero-order valence-corrected chi connectivity index (χ0v) is 13.8. The van der Waals surface area contributed by atoms with Crippen molar-refractivity contribution < 1.29 is 4.79 Å². The molecule has 0 unspecified atom stereocenters. The zero-order valence-electron chi connectivity index (χ0n) is 13.8. The minimum absolute atomic E-state index is 0.152. The van der Waals surface area contributed by atoms with Gasteiger partial charge in [0, 0.05) is 17.6 Å². The van der Waals surface area contributed by atoms with Gasteiger partial charge in [0.05, 0.1) is 0 Å². The molecule has 2 amide bonds. The molecule has 1 aromatic carbocycles. The van der Waals surface area contributed by atoms with Crippen LogP contribution in [-0.4, -0.2) is 26.0 Å². The van der Waals surface area contributed by atoms with Crippen molar-refractivity contribution in [1.29, 1.82) is 0 Å². The summed E-state index contributed by atoms with van der Waals surface area (Å²) < 4.78 is 0. The Morgan fingerprint density at radius 3 is 2.60 bits per heavy atom. The lowest BCUT2D eigenvalue weighted by atomic mass is 10.2. The summed E-state index contributed by atoms with van der Waals surface area (Å²) in [5, 5.41) is 5.35. The highest BCUT2D eigenvalue weighted by molar-refractivity contribution is 5.99. The molecule has 0 saturated heterocycles. The van der Waals surface area contributed by atoms with Crippen molar-refractivity contribution in [3.63, 3.8) is 0 Å². The van der Waals surface area contributed by atoms with Gasteiger partial charge >= 0.3 is 6.03 Å². The first-order valence-corrected chi connectivity index (χ1v) is 7.59. The fourth-order valence-electron chi connectivity index (χ4n) is 2.23. The monoisotopic (exact) mass is 335 g/mol. The molecule has 0 aliphatic carbocycles. The van der Waals surface area contributed by atoms with Crippen LogP contribution in [-0.2, 0) is 0 Å². The number of pyridine rings is 1. The fraction of sp³-hybridized carbons (Fsp3) is 0.118. The summed E-state index contributed by atoms with van der Waals surface area (Å²) >= 11 is 0. The Bertz CT molecular complexity index is 912. The van der Waals surface area contributed by atoms with Crippen LogP contribution in [0.5, 0.6) is 0 Å². The molecule has 0 radical (unpaired) electrons. The van der Waals surface area contributed by atoms with Gasteiger partial charge in [0.1, 0.15) is 11.5 Å². The van der Waals surface area contributed by atoms with Gasteiger partial charge in [-0.05, 0) is 49.7 Å². The predicted molar refractivity (Wildman–Crippen MR) is 96.0 cm³/mol. The Labute approximate surface area is 144 Å². The second-order valence-electron chi connectivity index (χ2n) is 5.40. The van der Waals surface area contributed by atoms with Gasteiger partial charge in [0.2, 0.25) is 5.95 Å². The number of benzene rings is 1. The summed E-state index contributed by atoms with van der Waals surface area (Å²) in [5.41, 5.74) is 8.46. The first-order valence-electron chi connectivity index (χ1n) is 7.59. The van der Waals surface area contributed by atoms with E-state index in [9.17, 15) is 4.79 Å². The molecule has 2 aromatic heterocycles. The summed E-state index contributed by atoms with van der Waals surface area (Å²) in [7, 11) is 0. The molecule has 0 aliphatic rings. The molecule has 0 spiro atoms. The number of rotatable bonds is 3. The summed E-state index contributed by atoms with van der Waals surface area (Å²) in [6.07, 6.45) is 1.65. The number of aromatic nitrogens is 4. The number of aryl methyl sites for hydroxylation is 2. The number of anilines is 3. The van der Waals surface area contributed by atoms with E-state index in [1.54, 1.807) is 43.5 Å². The standard InChI is InChI=1S/C17H17N7O/c1-10-9-12(18)6-7-13(10)22-17(25)24-16-21-11(2)20-15(23-16)14-5-3-4-8-19-14/h3-9H,18H2,1-2H3,(H2,20,21,22,23,24,25). The number of nitrogens with two attached hydrogens (primary N) is 1. The van der Waals surface area contributed by atoms with Crippen molar-refractivity contribution in [2.45, 2.75) is 13.8 Å². The van der Waals surface area contributed by atoms with Crippen molar-refractivity contribution in [3.05, 3.63) is 54.0 Å². The lowest BCUT2D eigenvalue weighted by Crippen LogP contribution is -2.22. The molecule has 4 N–H and O–H groups in total. The second kappa shape index (κ2) is 6.91. The van der Waals surface area contributed by atoms with Crippen LogP contribution in [0.4, 0.5) is 22.1 Å². The number of nitrogens with zero attached hydrogens (tertiary/aromatic N) is 4. The maximum atomic E-state index is 12.2. The van der Waals surface area contributed by atoms with Gasteiger partial charge in [-0.15, -0.1) is 0 Å². The largest absolute Gasteiger partial charge is 0.399 e. The van der Waals surface area contributed by atoms with Crippen LogP contribution in [0.25, 0.3) is 11.5 Å². The number of amides is 2. The molecule has 0 aliphatic heterocycles. The van der Waals surface area contributed by atoms with Crippen molar-refractivity contribution in [2.24, 2.45) is 0 Å². The van der Waals surface area contributed by atoms with Crippen LogP contribution < -0.4 is 16.4 Å². The number of nitrogens with one attached hydrogen (secondary N) is 2. The van der Waals surface area contributed by atoms with E-state index < -0.39 is 6.03 Å². The molecule has 25 heavy (non-hydrogen) atoms. The van der Waals surface area contributed by atoms with Crippen molar-refractivity contribution >= 4 is 23.4 Å². The van der Waals surface area contributed by atoms with E-state index in [1.807, 2.05) is 13.0 Å². The molecule has 8 nitrogen and oxygen atoms in total. The van der Waals surface area contributed by atoms with Gasteiger partial charge < -0.3 is 11.1 Å². The fourth-order valence-corrected chi connectivity index (χ4v) is 2.23. The Balaban J connectivity index is 1.78. The first-order chi connectivity index (χ1) is 12.0. The van der Waals surface area contributed by atoms with Gasteiger partial charge in [-0.25, -0.2) is 9.78 Å². The molecule has 3 aromatic rings. The van der Waals surface area contributed by atoms with Gasteiger partial charge in [-0.2, -0.15) is 9.97 Å². The molecular formula is C17H17N7O. The predicted octanol–water partition coefficient (Wildman–Crippen LogP) is 2.78. The van der Waals surface area contributed by atoms with Crippen LogP contribution in [0.2, 0.25) is 0 Å². The molecule has 8 heteroatoms. The Kier molecular flexibility index (Phi) is 4.51. The first kappa shape index (κ1) is 16.3. The molecule has 2 heterocycles. The highest BCUT2D eigenvalue weighted by Gasteiger charge is 2.11. The molecular weight excluding hydrogens is 318 g/mol. The van der Waals surface area contributed by atoms with Crippen LogP contribution >= 0.6 is 0 Å². The Morgan fingerprint density at radius 2 is 1.88 bits per heavy atom. The van der Waals surface area contributed by atoms with E-state index >= 15 is 0 Å². The molecule has 126 valence electrons. The van der Waals surface area contributed by atoms with Crippen molar-refractivity contribution in [3.8, 4) is 11.5 Å². The molecule has 0 bridgehead atoms. The average molecular weight is 335 g/mol. The van der Waals surface area contributed by atoms with E-state index in [0.717, 1.165) is 5.56 Å². The number of hydrogen-bond acceptors (Lipinski definition) is 6. The van der Waals surface area contributed by atoms with Crippen LogP contribution in [0.1, 0.15) is 11.4 Å². The molecule has 3 rings (SSSR count). The van der Waals surface area contributed by atoms with Gasteiger partial charge in [-0.3, -0.25) is 10.3 Å². The lowest BCUT2D eigenvalue weighted by Gasteiger charge is -2.10. The summed E-state index contributed by atoms with van der Waals surface area (Å²) in [6.45, 7) is 3.58. The third kappa shape index (κ3) is 4.05. The topological polar surface area (TPSA) is 119 Å². The third-order valence-electron chi connectivity index (χ3n) is 3.37. The zero-order chi connectivity index (χ0) is 17.8. The smallest absolute Gasteiger partial charge is 0.326 e. The summed E-state index contributed by atoms with van der Waals surface area (Å²) in [6, 6.07) is 10.2. The molecule has 0 fully saturated rings. The molecule has 0 atom stereocenters. The Hall–Kier alpha value is -3.55. The van der Waals surface area contributed by atoms with Crippen LogP contribution in [0.3, 0.4) is 0 Å².